The van der Waals surface area contributed by atoms with Crippen molar-refractivity contribution in [2.45, 2.75) is 192 Å². The lowest BCUT2D eigenvalue weighted by Gasteiger charge is -2.30. The molecule has 356 valence electrons. The van der Waals surface area contributed by atoms with E-state index in [2.05, 4.69) is 42.9 Å². The summed E-state index contributed by atoms with van der Waals surface area (Å²) in [6.07, 6.45) is 22.1. The van der Waals surface area contributed by atoms with Crippen molar-refractivity contribution in [3.05, 3.63) is 0 Å². The van der Waals surface area contributed by atoms with E-state index in [4.69, 9.17) is 23.7 Å². The number of piperidine rings is 2. The fourth-order valence-electron chi connectivity index (χ4n) is 7.93. The average molecular weight is 894 g/mol. The van der Waals surface area contributed by atoms with Gasteiger partial charge < -0.3 is 30.3 Å². The first kappa shape index (κ1) is 54.3. The molecule has 61 heavy (non-hydrogen) atoms. The Labute approximate surface area is 365 Å². The van der Waals surface area contributed by atoms with Crippen LogP contribution in [0.1, 0.15) is 156 Å². The van der Waals surface area contributed by atoms with Gasteiger partial charge in [-0.2, -0.15) is 13.5 Å². The molecule has 4 bridgehead atoms. The van der Waals surface area contributed by atoms with Gasteiger partial charge in [0.2, 0.25) is 0 Å². The highest BCUT2D eigenvalue weighted by Gasteiger charge is 2.49. The number of ether oxygens (including phenoxy) is 2. The molecule has 0 saturated carbocycles. The zero-order valence-electron chi connectivity index (χ0n) is 37.7. The Morgan fingerprint density at radius 1 is 0.623 bits per heavy atom. The summed E-state index contributed by atoms with van der Waals surface area (Å²) in [5, 5.41) is 0.599. The van der Waals surface area contributed by atoms with E-state index in [0.29, 0.717) is 70.1 Å². The summed E-state index contributed by atoms with van der Waals surface area (Å²) >= 11 is 0. The minimum Gasteiger partial charge on any atom is -0.381 e. The van der Waals surface area contributed by atoms with Gasteiger partial charge in [-0.1, -0.05) is 105 Å². The zero-order chi connectivity index (χ0) is 43.9. The Kier molecular flexibility index (Phi) is 26.3. The molecule has 6 amide bonds. The van der Waals surface area contributed by atoms with Gasteiger partial charge in [0.15, 0.2) is 0 Å². The Morgan fingerprint density at radius 2 is 1.00 bits per heavy atom. The second-order valence-electron chi connectivity index (χ2n) is 16.4. The van der Waals surface area contributed by atoms with Crippen LogP contribution in [-0.2, 0) is 43.4 Å². The molecule has 6 aliphatic heterocycles. The van der Waals surface area contributed by atoms with Gasteiger partial charge in [0.05, 0.1) is 24.3 Å². The first-order valence-corrected chi connectivity index (χ1v) is 24.1. The van der Waals surface area contributed by atoms with E-state index >= 15 is 0 Å². The quantitative estimate of drug-likeness (QED) is 0.0679. The van der Waals surface area contributed by atoms with Crippen molar-refractivity contribution in [2.24, 2.45) is 0 Å². The standard InChI is InChI=1S/C13H21N3O4.C12H19N3O8S.2C8H18.H3N/c1-15-9-2-3-11(16(8-9)13(15)18)12(17)14-20-10-4-6-19-7-5-10;16-11(13-22-9-3-5-21-6-4-9)10-2-1-8-7-14(10)12(17)15(8)23-24(18,19)20;2*1-3-5-7-8-6-4-2;/h9-11H,2-8H2,1H3,(H,14,17);8-10H,1-7H2,(H,13,16)(H,18,19,20);2*3-8H2,1-2H3;1H3/t9-,11+;8-,10+;;;/m11.../s1. The third-order valence-electron chi connectivity index (χ3n) is 11.7. The predicted molar refractivity (Wildman–Crippen MR) is 229 cm³/mol. The second kappa shape index (κ2) is 29.5. The SMILES string of the molecule is CCCCCCCC.CCCCCCCC.CN1C(=O)N2C[C@H]1CC[C@H]2C(=O)NOC1CCOCC1.N.O=C(NOC1CCOCC1)[C@@H]1CC[C@@H]2CN1C(=O)N2OS(=O)(=O)O. The first-order valence-electron chi connectivity index (χ1n) is 22.7. The third-order valence-corrected chi connectivity index (χ3v) is 12.0. The average Bonchev–Trinajstić information content (AvgIpc) is 3.61. The summed E-state index contributed by atoms with van der Waals surface area (Å²) in [6.45, 7) is 12.3. The van der Waals surface area contributed by atoms with Gasteiger partial charge in [0.25, 0.3) is 11.8 Å². The number of fused-ring (bicyclic) bond motifs is 4. The zero-order valence-corrected chi connectivity index (χ0v) is 38.5. The summed E-state index contributed by atoms with van der Waals surface area (Å²) in [7, 11) is -3.00. The van der Waals surface area contributed by atoms with Gasteiger partial charge in [-0.15, -0.1) is 4.28 Å². The normalized spacial score (nSPS) is 23.8. The molecule has 0 unspecified atom stereocenters. The molecule has 0 aromatic carbocycles. The number of nitrogens with one attached hydrogen (secondary N) is 2. The highest BCUT2D eigenvalue weighted by molar-refractivity contribution is 7.80. The minimum absolute atomic E-state index is 0. The molecule has 0 radical (unpaired) electrons. The summed E-state index contributed by atoms with van der Waals surface area (Å²) in [6, 6.07) is -2.28. The number of carbonyl (C=O) groups excluding carboxylic acids is 4. The number of nitrogens with zero attached hydrogens (tertiary/aromatic N) is 4. The number of hydroxylamine groups is 4. The second-order valence-corrected chi connectivity index (χ2v) is 17.4. The molecule has 6 aliphatic rings. The Bertz CT molecular complexity index is 1360. The van der Waals surface area contributed by atoms with Crippen molar-refractivity contribution >= 4 is 34.3 Å². The van der Waals surface area contributed by atoms with Crippen LogP contribution in [0.4, 0.5) is 9.59 Å². The Balaban J connectivity index is 0.000000311. The van der Waals surface area contributed by atoms with E-state index in [-0.39, 0.29) is 42.9 Å². The number of urea groups is 2. The molecule has 6 heterocycles. The molecule has 20 heteroatoms. The lowest BCUT2D eigenvalue weighted by molar-refractivity contribution is -0.148. The Morgan fingerprint density at radius 3 is 1.39 bits per heavy atom. The molecule has 6 rings (SSSR count). The number of hydrogen-bond donors (Lipinski definition) is 4. The molecule has 6 fully saturated rings. The lowest BCUT2D eigenvalue weighted by Crippen LogP contribution is -2.50. The first-order chi connectivity index (χ1) is 28.8. The van der Waals surface area contributed by atoms with Gasteiger partial charge in [-0.25, -0.2) is 20.5 Å². The van der Waals surface area contributed by atoms with Crippen LogP contribution in [0.15, 0.2) is 0 Å². The maximum atomic E-state index is 12.3. The number of carbonyl (C=O) groups is 4. The van der Waals surface area contributed by atoms with Gasteiger partial charge in [0, 0.05) is 46.6 Å². The van der Waals surface area contributed by atoms with E-state index < -0.39 is 40.5 Å². The largest absolute Gasteiger partial charge is 0.418 e. The smallest absolute Gasteiger partial charge is 0.381 e. The molecular formula is C41H79N7O12S. The molecule has 0 aromatic rings. The van der Waals surface area contributed by atoms with E-state index in [1.54, 1.807) is 16.8 Å². The molecule has 0 aliphatic carbocycles. The van der Waals surface area contributed by atoms with E-state index in [0.717, 1.165) is 19.3 Å². The third kappa shape index (κ3) is 18.8. The topological polar surface area (TPSA) is 241 Å². The van der Waals surface area contributed by atoms with E-state index in [1.165, 1.54) is 81.9 Å². The number of unbranched alkanes of at least 4 members (excludes halogenated alkanes) is 10. The van der Waals surface area contributed by atoms with Crippen molar-refractivity contribution in [3.63, 3.8) is 0 Å². The van der Waals surface area contributed by atoms with Gasteiger partial charge >= 0.3 is 22.5 Å². The summed E-state index contributed by atoms with van der Waals surface area (Å²) in [4.78, 5) is 64.1. The van der Waals surface area contributed by atoms with Gasteiger partial charge in [-0.05, 0) is 51.4 Å². The van der Waals surface area contributed by atoms with Crippen LogP contribution < -0.4 is 17.1 Å². The van der Waals surface area contributed by atoms with Crippen LogP contribution in [0.2, 0.25) is 0 Å². The van der Waals surface area contributed by atoms with Crippen LogP contribution >= 0.6 is 0 Å². The van der Waals surface area contributed by atoms with Gasteiger partial charge in [0.1, 0.15) is 12.1 Å². The molecule has 6 saturated heterocycles. The number of rotatable bonds is 18. The number of amides is 6. The van der Waals surface area contributed by atoms with Crippen LogP contribution in [0, 0.1) is 0 Å². The predicted octanol–water partition coefficient (Wildman–Crippen LogP) is 6.22. The minimum atomic E-state index is -4.80. The monoisotopic (exact) mass is 894 g/mol. The molecule has 0 spiro atoms. The van der Waals surface area contributed by atoms with Crippen LogP contribution in [0.25, 0.3) is 0 Å². The summed E-state index contributed by atoms with van der Waals surface area (Å²) in [5.74, 6) is -0.680. The number of hydrogen-bond acceptors (Lipinski definition) is 12. The maximum absolute atomic E-state index is 12.3. The maximum Gasteiger partial charge on any atom is 0.418 e. The van der Waals surface area contributed by atoms with Crippen molar-refractivity contribution in [2.75, 3.05) is 46.6 Å². The van der Waals surface area contributed by atoms with Crippen molar-refractivity contribution in [1.29, 1.82) is 0 Å². The molecule has 6 N–H and O–H groups in total. The van der Waals surface area contributed by atoms with Gasteiger partial charge in [-0.3, -0.25) is 23.8 Å². The Hall–Kier alpha value is -2.85. The lowest BCUT2D eigenvalue weighted by atomic mass is 10.0. The molecular weight excluding hydrogens is 815 g/mol. The molecule has 0 aromatic heterocycles. The molecule has 19 nitrogen and oxygen atoms in total. The van der Waals surface area contributed by atoms with Crippen LogP contribution in [0.3, 0.4) is 0 Å². The summed E-state index contributed by atoms with van der Waals surface area (Å²) in [5.41, 5.74) is 4.91. The fourth-order valence-corrected chi connectivity index (χ4v) is 8.32. The van der Waals surface area contributed by atoms with Crippen molar-refractivity contribution < 1.29 is 55.6 Å². The van der Waals surface area contributed by atoms with Crippen molar-refractivity contribution in [3.8, 4) is 0 Å². The van der Waals surface area contributed by atoms with Crippen molar-refractivity contribution in [1.82, 2.24) is 36.9 Å². The summed E-state index contributed by atoms with van der Waals surface area (Å²) < 4.78 is 45.1. The molecule has 4 atom stereocenters. The highest BCUT2D eigenvalue weighted by atomic mass is 32.3. The fraction of sp³-hybridized carbons (Fsp3) is 0.902. The van der Waals surface area contributed by atoms with Crippen LogP contribution in [0.5, 0.6) is 0 Å². The van der Waals surface area contributed by atoms with E-state index in [9.17, 15) is 27.6 Å². The van der Waals surface area contributed by atoms with E-state index in [1.807, 2.05) is 0 Å². The van der Waals surface area contributed by atoms with Crippen LogP contribution in [-0.4, -0.2) is 140 Å². The highest BCUT2D eigenvalue weighted by Crippen LogP contribution is 2.31. The number of likely N-dealkylation sites (N-methyl/N-ethyl adjacent to an activating group) is 1.